The Bertz CT molecular complexity index is 746. The molecule has 2 aromatic carbocycles. The third-order valence-corrected chi connectivity index (χ3v) is 3.92. The molecule has 0 unspecified atom stereocenters. The highest BCUT2D eigenvalue weighted by Gasteiger charge is 2.07. The van der Waals surface area contributed by atoms with Crippen molar-refractivity contribution in [3.05, 3.63) is 64.9 Å². The van der Waals surface area contributed by atoms with Gasteiger partial charge in [-0.15, -0.1) is 0 Å². The van der Waals surface area contributed by atoms with Crippen LogP contribution < -0.4 is 5.32 Å². The van der Waals surface area contributed by atoms with Gasteiger partial charge in [-0.05, 0) is 42.0 Å². The molecule has 0 aliphatic carbocycles. The molecular weight excluding hydrogens is 325 g/mol. The summed E-state index contributed by atoms with van der Waals surface area (Å²) in [7, 11) is 0. The molecule has 22 heavy (non-hydrogen) atoms. The second kappa shape index (κ2) is 6.81. The van der Waals surface area contributed by atoms with E-state index in [1.165, 1.54) is 23.9 Å². The van der Waals surface area contributed by atoms with Crippen molar-refractivity contribution in [2.24, 2.45) is 0 Å². The first-order chi connectivity index (χ1) is 10.7. The summed E-state index contributed by atoms with van der Waals surface area (Å²) in [6.07, 6.45) is 0. The fraction of sp³-hybridized carbons (Fsp3) is 0.0667. The maximum atomic E-state index is 12.8. The van der Waals surface area contributed by atoms with Gasteiger partial charge in [0.05, 0.1) is 0 Å². The molecule has 4 nitrogen and oxygen atoms in total. The lowest BCUT2D eigenvalue weighted by molar-refractivity contribution is 0.468. The van der Waals surface area contributed by atoms with Crippen molar-refractivity contribution < 1.29 is 8.81 Å². The Labute approximate surface area is 135 Å². The van der Waals surface area contributed by atoms with E-state index in [0.29, 0.717) is 21.7 Å². The Morgan fingerprint density at radius 1 is 1.05 bits per heavy atom. The van der Waals surface area contributed by atoms with E-state index >= 15 is 0 Å². The first-order valence-corrected chi connectivity index (χ1v) is 7.79. The highest BCUT2D eigenvalue weighted by molar-refractivity contribution is 7.98. The lowest BCUT2D eigenvalue weighted by Crippen LogP contribution is -1.90. The zero-order valence-corrected chi connectivity index (χ0v) is 12.9. The second-order valence-electron chi connectivity index (χ2n) is 4.42. The van der Waals surface area contributed by atoms with Crippen molar-refractivity contribution in [2.75, 3.05) is 5.32 Å². The first kappa shape index (κ1) is 14.9. The summed E-state index contributed by atoms with van der Waals surface area (Å²) in [4.78, 5) is 0. The number of thioether (sulfide) groups is 1. The maximum Gasteiger partial charge on any atom is 0.320 e. The summed E-state index contributed by atoms with van der Waals surface area (Å²) in [5.74, 6) is 0.408. The number of anilines is 2. The number of rotatable bonds is 5. The Kier molecular flexibility index (Phi) is 4.60. The van der Waals surface area contributed by atoms with E-state index in [0.717, 1.165) is 5.56 Å². The molecule has 3 rings (SSSR count). The molecule has 1 aromatic heterocycles. The largest absolute Gasteiger partial charge is 0.398 e. The Balaban J connectivity index is 1.59. The molecule has 1 N–H and O–H groups in total. The number of hydrogen-bond donors (Lipinski definition) is 1. The maximum absolute atomic E-state index is 12.8. The van der Waals surface area contributed by atoms with Crippen molar-refractivity contribution in [1.29, 1.82) is 0 Å². The molecule has 0 amide bonds. The summed E-state index contributed by atoms with van der Waals surface area (Å²) >= 11 is 7.27. The van der Waals surface area contributed by atoms with Crippen molar-refractivity contribution in [2.45, 2.75) is 11.0 Å². The van der Waals surface area contributed by atoms with Crippen LogP contribution in [-0.4, -0.2) is 10.2 Å². The Morgan fingerprint density at radius 3 is 2.50 bits per heavy atom. The van der Waals surface area contributed by atoms with Crippen LogP contribution >= 0.6 is 23.4 Å². The summed E-state index contributed by atoms with van der Waals surface area (Å²) < 4.78 is 18.3. The molecule has 0 spiro atoms. The summed E-state index contributed by atoms with van der Waals surface area (Å²) in [5, 5.41) is 11.9. The fourth-order valence-electron chi connectivity index (χ4n) is 1.70. The van der Waals surface area contributed by atoms with Gasteiger partial charge in [-0.1, -0.05) is 45.7 Å². The van der Waals surface area contributed by atoms with E-state index in [1.807, 2.05) is 24.3 Å². The molecule has 0 aliphatic heterocycles. The summed E-state index contributed by atoms with van der Waals surface area (Å²) in [6, 6.07) is 13.8. The molecule has 112 valence electrons. The van der Waals surface area contributed by atoms with Crippen LogP contribution in [0.5, 0.6) is 0 Å². The minimum absolute atomic E-state index is 0.269. The van der Waals surface area contributed by atoms with Gasteiger partial charge in [0.15, 0.2) is 0 Å². The molecule has 0 saturated heterocycles. The lowest BCUT2D eigenvalue weighted by atomic mass is 10.2. The molecule has 0 radical (unpaired) electrons. The number of nitrogens with one attached hydrogen (secondary N) is 1. The van der Waals surface area contributed by atoms with E-state index in [9.17, 15) is 4.39 Å². The van der Waals surface area contributed by atoms with Gasteiger partial charge in [-0.2, -0.15) is 0 Å². The van der Waals surface area contributed by atoms with Crippen LogP contribution in [0.3, 0.4) is 0 Å². The molecule has 0 aliphatic rings. The van der Waals surface area contributed by atoms with Crippen LogP contribution in [0.25, 0.3) is 0 Å². The van der Waals surface area contributed by atoms with Gasteiger partial charge >= 0.3 is 6.01 Å². The summed E-state index contributed by atoms with van der Waals surface area (Å²) in [6.45, 7) is 0. The van der Waals surface area contributed by atoms with Crippen molar-refractivity contribution in [3.8, 4) is 0 Å². The van der Waals surface area contributed by atoms with Gasteiger partial charge in [0.25, 0.3) is 5.22 Å². The van der Waals surface area contributed by atoms with Gasteiger partial charge in [0, 0.05) is 16.5 Å². The normalized spacial score (nSPS) is 10.6. The smallest absolute Gasteiger partial charge is 0.320 e. The minimum atomic E-state index is -0.296. The number of aromatic nitrogens is 2. The number of nitrogens with zero attached hydrogens (tertiary/aromatic N) is 2. The number of benzene rings is 2. The van der Waals surface area contributed by atoms with Gasteiger partial charge in [0.1, 0.15) is 5.82 Å². The van der Waals surface area contributed by atoms with Gasteiger partial charge in [-0.25, -0.2) is 4.39 Å². The predicted octanol–water partition coefficient (Wildman–Crippen LogP) is 4.90. The lowest BCUT2D eigenvalue weighted by Gasteiger charge is -2.00. The molecule has 0 fully saturated rings. The molecule has 0 bridgehead atoms. The van der Waals surface area contributed by atoms with E-state index in [2.05, 4.69) is 15.5 Å². The molecule has 0 atom stereocenters. The number of halogens is 2. The van der Waals surface area contributed by atoms with Crippen molar-refractivity contribution in [1.82, 2.24) is 10.2 Å². The molecule has 1 heterocycles. The highest BCUT2D eigenvalue weighted by atomic mass is 35.5. The van der Waals surface area contributed by atoms with Crippen LogP contribution in [0, 0.1) is 5.82 Å². The topological polar surface area (TPSA) is 51.0 Å². The molecular formula is C15H11ClFN3OS. The SMILES string of the molecule is Fc1ccc(Nc2nnc(SCc3ccc(Cl)cc3)o2)cc1. The standard InChI is InChI=1S/C15H11ClFN3OS/c16-11-3-1-10(2-4-11)9-22-15-20-19-14(21-15)18-13-7-5-12(17)6-8-13/h1-8H,9H2,(H,18,19). The third kappa shape index (κ3) is 3.99. The van der Waals surface area contributed by atoms with Crippen molar-refractivity contribution >= 4 is 35.1 Å². The monoisotopic (exact) mass is 335 g/mol. The molecule has 0 saturated carbocycles. The van der Waals surface area contributed by atoms with Crippen LogP contribution in [0.4, 0.5) is 16.1 Å². The van der Waals surface area contributed by atoms with Gasteiger partial charge in [-0.3, -0.25) is 0 Å². The van der Waals surface area contributed by atoms with E-state index in [-0.39, 0.29) is 11.8 Å². The zero-order valence-electron chi connectivity index (χ0n) is 11.3. The van der Waals surface area contributed by atoms with Crippen LogP contribution in [0.15, 0.2) is 58.2 Å². The minimum Gasteiger partial charge on any atom is -0.398 e. The predicted molar refractivity (Wildman–Crippen MR) is 85.0 cm³/mol. The average Bonchev–Trinajstić information content (AvgIpc) is 2.97. The Hall–Kier alpha value is -2.05. The Morgan fingerprint density at radius 2 is 1.77 bits per heavy atom. The highest BCUT2D eigenvalue weighted by Crippen LogP contribution is 2.25. The van der Waals surface area contributed by atoms with Crippen LogP contribution in [-0.2, 0) is 5.75 Å². The van der Waals surface area contributed by atoms with Crippen LogP contribution in [0.1, 0.15) is 5.56 Å². The van der Waals surface area contributed by atoms with Crippen LogP contribution in [0.2, 0.25) is 5.02 Å². The van der Waals surface area contributed by atoms with Gasteiger partial charge < -0.3 is 9.73 Å². The molecule has 7 heteroatoms. The fourth-order valence-corrected chi connectivity index (χ4v) is 2.55. The van der Waals surface area contributed by atoms with E-state index in [4.69, 9.17) is 16.0 Å². The second-order valence-corrected chi connectivity index (χ2v) is 5.78. The molecule has 3 aromatic rings. The van der Waals surface area contributed by atoms with E-state index < -0.39 is 0 Å². The average molecular weight is 336 g/mol. The van der Waals surface area contributed by atoms with E-state index in [1.54, 1.807) is 12.1 Å². The zero-order chi connectivity index (χ0) is 15.4. The first-order valence-electron chi connectivity index (χ1n) is 6.42. The third-order valence-electron chi connectivity index (χ3n) is 2.78. The van der Waals surface area contributed by atoms with Crippen molar-refractivity contribution in [3.63, 3.8) is 0 Å². The quantitative estimate of drug-likeness (QED) is 0.672. The van der Waals surface area contributed by atoms with Gasteiger partial charge in [0.2, 0.25) is 0 Å². The summed E-state index contributed by atoms with van der Waals surface area (Å²) in [5.41, 5.74) is 1.79. The number of hydrogen-bond acceptors (Lipinski definition) is 5.